The minimum Gasteiger partial charge on any atom is -0.393 e. The van der Waals surface area contributed by atoms with Gasteiger partial charge < -0.3 is 20.1 Å². The molecule has 23 heavy (non-hydrogen) atoms. The minimum absolute atomic E-state index is 0.0868. The summed E-state index contributed by atoms with van der Waals surface area (Å²) in [6.45, 7) is 5.28. The van der Waals surface area contributed by atoms with E-state index in [9.17, 15) is 9.90 Å². The van der Waals surface area contributed by atoms with Crippen LogP contribution in [0.3, 0.4) is 0 Å². The summed E-state index contributed by atoms with van der Waals surface area (Å²) in [7, 11) is 0. The quantitative estimate of drug-likeness (QED) is 0.866. The van der Waals surface area contributed by atoms with Crippen molar-refractivity contribution in [3.63, 3.8) is 0 Å². The van der Waals surface area contributed by atoms with Crippen molar-refractivity contribution in [1.82, 2.24) is 10.2 Å². The molecule has 5 nitrogen and oxygen atoms in total. The van der Waals surface area contributed by atoms with Gasteiger partial charge in [0, 0.05) is 11.6 Å². The summed E-state index contributed by atoms with van der Waals surface area (Å²) in [6.07, 6.45) is 0.825. The highest BCUT2D eigenvalue weighted by Gasteiger charge is 2.29. The number of ether oxygens (including phenoxy) is 1. The lowest BCUT2D eigenvalue weighted by Crippen LogP contribution is -2.53. The molecular weight excluding hydrogens is 316 g/mol. The summed E-state index contributed by atoms with van der Waals surface area (Å²) in [5.41, 5.74) is 0.994. The first kappa shape index (κ1) is 18.0. The van der Waals surface area contributed by atoms with Crippen LogP contribution < -0.4 is 5.32 Å². The normalized spacial score (nSPS) is 20.9. The number of carbonyl (C=O) groups is 1. The van der Waals surface area contributed by atoms with Crippen LogP contribution >= 0.6 is 11.6 Å². The van der Waals surface area contributed by atoms with Gasteiger partial charge in [0.05, 0.1) is 31.4 Å². The highest BCUT2D eigenvalue weighted by atomic mass is 35.5. The van der Waals surface area contributed by atoms with E-state index in [2.05, 4.69) is 5.32 Å². The van der Waals surface area contributed by atoms with E-state index in [-0.39, 0.29) is 18.1 Å². The van der Waals surface area contributed by atoms with E-state index in [0.717, 1.165) is 12.0 Å². The number of aliphatic hydroxyl groups excluding tert-OH is 1. The van der Waals surface area contributed by atoms with Gasteiger partial charge in [-0.05, 0) is 37.5 Å². The molecule has 0 aliphatic carbocycles. The SMILES string of the molecule is CCC(NC(=O)N1CCOCC1CC(C)O)c1cccc(Cl)c1. The molecule has 2 amide bonds. The fourth-order valence-corrected chi connectivity index (χ4v) is 3.09. The van der Waals surface area contributed by atoms with Crippen molar-refractivity contribution in [3.05, 3.63) is 34.9 Å². The lowest BCUT2D eigenvalue weighted by Gasteiger charge is -2.37. The summed E-state index contributed by atoms with van der Waals surface area (Å²) < 4.78 is 5.44. The summed E-state index contributed by atoms with van der Waals surface area (Å²) in [6, 6.07) is 7.25. The van der Waals surface area contributed by atoms with E-state index in [1.165, 1.54) is 0 Å². The molecule has 0 aromatic heterocycles. The molecule has 1 saturated heterocycles. The topological polar surface area (TPSA) is 61.8 Å². The molecule has 1 aliphatic rings. The van der Waals surface area contributed by atoms with Crippen molar-refractivity contribution in [1.29, 1.82) is 0 Å². The number of hydrogen-bond donors (Lipinski definition) is 2. The van der Waals surface area contributed by atoms with E-state index < -0.39 is 6.10 Å². The molecule has 2 N–H and O–H groups in total. The smallest absolute Gasteiger partial charge is 0.318 e. The molecule has 6 heteroatoms. The largest absolute Gasteiger partial charge is 0.393 e. The van der Waals surface area contributed by atoms with Crippen LogP contribution in [0, 0.1) is 0 Å². The number of urea groups is 1. The molecule has 3 atom stereocenters. The fourth-order valence-electron chi connectivity index (χ4n) is 2.89. The number of morpholine rings is 1. The maximum atomic E-state index is 12.7. The van der Waals surface area contributed by atoms with E-state index in [1.54, 1.807) is 11.8 Å². The van der Waals surface area contributed by atoms with Crippen molar-refractivity contribution in [2.75, 3.05) is 19.8 Å². The number of aliphatic hydroxyl groups is 1. The Morgan fingerprint density at radius 2 is 2.35 bits per heavy atom. The molecule has 1 heterocycles. The van der Waals surface area contributed by atoms with Crippen LogP contribution in [0.2, 0.25) is 5.02 Å². The van der Waals surface area contributed by atoms with Gasteiger partial charge in [-0.25, -0.2) is 4.79 Å². The zero-order chi connectivity index (χ0) is 16.8. The fraction of sp³-hybridized carbons (Fsp3) is 0.588. The third-order valence-corrected chi connectivity index (χ3v) is 4.29. The number of nitrogens with zero attached hydrogens (tertiary/aromatic N) is 1. The van der Waals surface area contributed by atoms with Gasteiger partial charge in [-0.15, -0.1) is 0 Å². The maximum absolute atomic E-state index is 12.7. The van der Waals surface area contributed by atoms with Gasteiger partial charge in [0.15, 0.2) is 0 Å². The molecule has 0 bridgehead atoms. The first-order valence-electron chi connectivity index (χ1n) is 8.09. The minimum atomic E-state index is -0.466. The first-order valence-corrected chi connectivity index (χ1v) is 8.47. The van der Waals surface area contributed by atoms with Crippen molar-refractivity contribution >= 4 is 17.6 Å². The number of amides is 2. The number of nitrogens with one attached hydrogen (secondary N) is 1. The predicted octanol–water partition coefficient (Wildman–Crippen LogP) is 2.97. The second kappa shape index (κ2) is 8.52. The Kier molecular flexibility index (Phi) is 6.69. The van der Waals surface area contributed by atoms with Crippen molar-refractivity contribution < 1.29 is 14.6 Å². The highest BCUT2D eigenvalue weighted by Crippen LogP contribution is 2.21. The summed E-state index contributed by atoms with van der Waals surface area (Å²) in [5.74, 6) is 0. The Morgan fingerprint density at radius 1 is 1.57 bits per heavy atom. The number of hydrogen-bond acceptors (Lipinski definition) is 3. The third-order valence-electron chi connectivity index (χ3n) is 4.06. The molecule has 0 spiro atoms. The Hall–Kier alpha value is -1.30. The summed E-state index contributed by atoms with van der Waals surface area (Å²) >= 11 is 6.04. The predicted molar refractivity (Wildman–Crippen MR) is 90.6 cm³/mol. The number of benzene rings is 1. The van der Waals surface area contributed by atoms with Gasteiger partial charge in [0.2, 0.25) is 0 Å². The van der Waals surface area contributed by atoms with E-state index in [4.69, 9.17) is 16.3 Å². The van der Waals surface area contributed by atoms with Gasteiger partial charge in [-0.2, -0.15) is 0 Å². The lowest BCUT2D eigenvalue weighted by atomic mass is 10.0. The van der Waals surface area contributed by atoms with E-state index in [1.807, 2.05) is 31.2 Å². The highest BCUT2D eigenvalue weighted by molar-refractivity contribution is 6.30. The number of carbonyl (C=O) groups excluding carboxylic acids is 1. The van der Waals surface area contributed by atoms with Crippen molar-refractivity contribution in [3.8, 4) is 0 Å². The standard InChI is InChI=1S/C17H25ClN2O3/c1-3-16(13-5-4-6-14(18)10-13)19-17(22)20-7-8-23-11-15(20)9-12(2)21/h4-6,10,12,15-16,21H,3,7-9,11H2,1-2H3,(H,19,22). The van der Waals surface area contributed by atoms with E-state index >= 15 is 0 Å². The van der Waals surface area contributed by atoms with Crippen molar-refractivity contribution in [2.24, 2.45) is 0 Å². The summed E-state index contributed by atoms with van der Waals surface area (Å²) in [4.78, 5) is 14.4. The second-order valence-electron chi connectivity index (χ2n) is 5.97. The van der Waals surface area contributed by atoms with Crippen LogP contribution in [0.15, 0.2) is 24.3 Å². The van der Waals surface area contributed by atoms with Crippen LogP contribution in [0.5, 0.6) is 0 Å². The van der Waals surface area contributed by atoms with E-state index in [0.29, 0.717) is 31.2 Å². The summed E-state index contributed by atoms with van der Waals surface area (Å²) in [5, 5.41) is 13.3. The molecule has 0 saturated carbocycles. The Morgan fingerprint density at radius 3 is 3.00 bits per heavy atom. The third kappa shape index (κ3) is 5.09. The molecule has 1 aromatic rings. The van der Waals surface area contributed by atoms with Gasteiger partial charge in [-0.1, -0.05) is 30.7 Å². The number of rotatable bonds is 5. The molecule has 1 fully saturated rings. The zero-order valence-electron chi connectivity index (χ0n) is 13.7. The zero-order valence-corrected chi connectivity index (χ0v) is 14.4. The Labute approximate surface area is 142 Å². The molecule has 128 valence electrons. The van der Waals surface area contributed by atoms with Gasteiger partial charge in [-0.3, -0.25) is 0 Å². The Bertz CT molecular complexity index is 524. The van der Waals surface area contributed by atoms with Crippen molar-refractivity contribution in [2.45, 2.75) is 44.9 Å². The molecule has 1 aromatic carbocycles. The molecule has 2 rings (SSSR count). The van der Waals surface area contributed by atoms with Crippen LogP contribution in [-0.2, 0) is 4.74 Å². The average molecular weight is 341 g/mol. The van der Waals surface area contributed by atoms with Gasteiger partial charge in [0.25, 0.3) is 0 Å². The van der Waals surface area contributed by atoms with Crippen LogP contribution in [-0.4, -0.2) is 47.9 Å². The molecule has 0 radical (unpaired) electrons. The van der Waals surface area contributed by atoms with Crippen LogP contribution in [0.25, 0.3) is 0 Å². The van der Waals surface area contributed by atoms with Gasteiger partial charge >= 0.3 is 6.03 Å². The van der Waals surface area contributed by atoms with Crippen LogP contribution in [0.1, 0.15) is 38.3 Å². The lowest BCUT2D eigenvalue weighted by molar-refractivity contribution is -0.00486. The molecule has 1 aliphatic heterocycles. The van der Waals surface area contributed by atoms with Crippen LogP contribution in [0.4, 0.5) is 4.79 Å². The molecular formula is C17H25ClN2O3. The second-order valence-corrected chi connectivity index (χ2v) is 6.41. The monoisotopic (exact) mass is 340 g/mol. The Balaban J connectivity index is 2.05. The van der Waals surface area contributed by atoms with Gasteiger partial charge in [0.1, 0.15) is 0 Å². The number of halogens is 1. The molecule has 3 unspecified atom stereocenters. The maximum Gasteiger partial charge on any atom is 0.318 e. The first-order chi connectivity index (χ1) is 11.0. The average Bonchev–Trinajstić information content (AvgIpc) is 2.52.